The summed E-state index contributed by atoms with van der Waals surface area (Å²) in [5.41, 5.74) is 7.00. The Kier molecular flexibility index (Phi) is 7.25. The van der Waals surface area contributed by atoms with E-state index in [1.165, 1.54) is 18.3 Å². The number of amides is 1. The Bertz CT molecular complexity index is 1050. The van der Waals surface area contributed by atoms with Crippen LogP contribution >= 0.6 is 0 Å². The number of carbonyl (C=O) groups is 1. The molecule has 0 aliphatic rings. The maximum atomic E-state index is 13.8. The van der Waals surface area contributed by atoms with E-state index < -0.39 is 23.8 Å². The van der Waals surface area contributed by atoms with Crippen molar-refractivity contribution in [1.82, 2.24) is 10.3 Å². The number of pyridine rings is 1. The molecule has 1 heterocycles. The minimum Gasteiger partial charge on any atom is -0.368 e. The van der Waals surface area contributed by atoms with Crippen molar-refractivity contribution in [2.24, 2.45) is 5.73 Å². The number of carbonyl (C=O) groups excluding carboxylic acids is 1. The maximum absolute atomic E-state index is 13.8. The number of hydrogen-bond acceptors (Lipinski definition) is 3. The number of nitrogens with one attached hydrogen (secondary N) is 1. The quantitative estimate of drug-likeness (QED) is 0.486. The summed E-state index contributed by atoms with van der Waals surface area (Å²) in [6, 6.07) is 15.2. The molecule has 0 aliphatic carbocycles. The molecule has 168 valence electrons. The minimum absolute atomic E-state index is 0.338. The monoisotopic (exact) mass is 445 g/mol. The molecule has 0 spiro atoms. The van der Waals surface area contributed by atoms with E-state index in [0.717, 1.165) is 11.6 Å². The molecule has 0 bridgehead atoms. The second-order valence-electron chi connectivity index (χ2n) is 7.52. The van der Waals surface area contributed by atoms with Crippen LogP contribution in [0, 0.1) is 12.7 Å². The molecule has 0 radical (unpaired) electrons. The van der Waals surface area contributed by atoms with Crippen molar-refractivity contribution < 1.29 is 22.4 Å². The van der Waals surface area contributed by atoms with Gasteiger partial charge in [0, 0.05) is 12.1 Å². The van der Waals surface area contributed by atoms with E-state index >= 15 is 0 Å². The summed E-state index contributed by atoms with van der Waals surface area (Å²) >= 11 is 0. The van der Waals surface area contributed by atoms with Crippen molar-refractivity contribution >= 4 is 5.91 Å². The van der Waals surface area contributed by atoms with Crippen LogP contribution in [0.2, 0.25) is 0 Å². The predicted molar refractivity (Wildman–Crippen MR) is 113 cm³/mol. The second kappa shape index (κ2) is 9.91. The molecule has 4 nitrogen and oxygen atoms in total. The van der Waals surface area contributed by atoms with Crippen LogP contribution in [0.1, 0.15) is 46.3 Å². The number of aromatic nitrogens is 1. The first-order valence-electron chi connectivity index (χ1n) is 10.0. The van der Waals surface area contributed by atoms with Crippen LogP contribution in [0.25, 0.3) is 0 Å². The highest BCUT2D eigenvalue weighted by molar-refractivity contribution is 5.81. The highest BCUT2D eigenvalue weighted by Crippen LogP contribution is 2.32. The molecular formula is C24H23F4N3O. The molecule has 3 aromatic rings. The van der Waals surface area contributed by atoms with Gasteiger partial charge in [-0.1, -0.05) is 48.5 Å². The van der Waals surface area contributed by atoms with Gasteiger partial charge in [0.05, 0.1) is 0 Å². The van der Waals surface area contributed by atoms with Crippen LogP contribution in [0.5, 0.6) is 0 Å². The van der Waals surface area contributed by atoms with Crippen molar-refractivity contribution in [3.05, 3.63) is 101 Å². The average Bonchev–Trinajstić information content (AvgIpc) is 2.76. The second-order valence-corrected chi connectivity index (χ2v) is 7.52. The molecule has 2 atom stereocenters. The van der Waals surface area contributed by atoms with Gasteiger partial charge in [-0.05, 0) is 54.3 Å². The van der Waals surface area contributed by atoms with E-state index in [2.05, 4.69) is 10.3 Å². The summed E-state index contributed by atoms with van der Waals surface area (Å²) in [7, 11) is 0. The molecule has 0 unspecified atom stereocenters. The minimum atomic E-state index is -4.54. The molecule has 8 heteroatoms. The van der Waals surface area contributed by atoms with E-state index in [-0.39, 0.29) is 11.7 Å². The largest absolute Gasteiger partial charge is 0.433 e. The number of rotatable bonds is 8. The van der Waals surface area contributed by atoms with Crippen molar-refractivity contribution in [1.29, 1.82) is 0 Å². The van der Waals surface area contributed by atoms with Gasteiger partial charge in [-0.3, -0.25) is 9.78 Å². The Balaban J connectivity index is 1.84. The van der Waals surface area contributed by atoms with Crippen molar-refractivity contribution in [2.75, 3.05) is 6.54 Å². The summed E-state index contributed by atoms with van der Waals surface area (Å²) in [5.74, 6) is -1.27. The summed E-state index contributed by atoms with van der Waals surface area (Å²) < 4.78 is 52.5. The van der Waals surface area contributed by atoms with Gasteiger partial charge in [-0.15, -0.1) is 0 Å². The Morgan fingerprint density at radius 2 is 1.72 bits per heavy atom. The number of hydrogen-bond donors (Lipinski definition) is 2. The lowest BCUT2D eigenvalue weighted by atomic mass is 9.88. The molecule has 0 fully saturated rings. The molecule has 0 aliphatic heterocycles. The summed E-state index contributed by atoms with van der Waals surface area (Å²) in [5, 5.41) is 3.12. The normalized spacial score (nSPS) is 13.5. The first-order chi connectivity index (χ1) is 15.2. The number of benzene rings is 2. The molecule has 32 heavy (non-hydrogen) atoms. The topological polar surface area (TPSA) is 68.0 Å². The molecular weight excluding hydrogens is 422 g/mol. The molecule has 1 aromatic heterocycles. The van der Waals surface area contributed by atoms with E-state index in [9.17, 15) is 22.4 Å². The fraction of sp³-hybridized carbons (Fsp3) is 0.250. The highest BCUT2D eigenvalue weighted by atomic mass is 19.4. The highest BCUT2D eigenvalue weighted by Gasteiger charge is 2.32. The number of aryl methyl sites for hydroxylation is 1. The average molecular weight is 445 g/mol. The lowest BCUT2D eigenvalue weighted by Crippen LogP contribution is -2.34. The molecule has 0 saturated carbocycles. The standard InChI is InChI=1S/C24H23F4N3O/c1-15-13-17(7-9-20(15)25)19(18-8-10-21(31-14-18)24(26,27)28)11-12-30-22(23(29)32)16-5-3-2-4-6-16/h2-10,13-14,19,22,30H,11-12H2,1H3,(H2,29,32)/t19-,22-/m0/s1. The smallest absolute Gasteiger partial charge is 0.368 e. The van der Waals surface area contributed by atoms with Crippen LogP contribution in [0.4, 0.5) is 17.6 Å². The molecule has 0 saturated heterocycles. The first kappa shape index (κ1) is 23.4. The summed E-state index contributed by atoms with van der Waals surface area (Å²) in [6.45, 7) is 1.96. The fourth-order valence-corrected chi connectivity index (χ4v) is 3.59. The van der Waals surface area contributed by atoms with Crippen molar-refractivity contribution in [3.63, 3.8) is 0 Å². The third-order valence-electron chi connectivity index (χ3n) is 5.26. The van der Waals surface area contributed by atoms with Gasteiger partial charge in [0.15, 0.2) is 0 Å². The summed E-state index contributed by atoms with van der Waals surface area (Å²) in [6.07, 6.45) is -2.92. The van der Waals surface area contributed by atoms with Gasteiger partial charge in [0.25, 0.3) is 0 Å². The Morgan fingerprint density at radius 3 is 2.28 bits per heavy atom. The van der Waals surface area contributed by atoms with Crippen LogP contribution in [0.15, 0.2) is 66.9 Å². The predicted octanol–water partition coefficient (Wildman–Crippen LogP) is 4.89. The zero-order valence-corrected chi connectivity index (χ0v) is 17.4. The number of nitrogens with zero attached hydrogens (tertiary/aromatic N) is 1. The molecule has 2 aromatic carbocycles. The zero-order chi connectivity index (χ0) is 23.3. The van der Waals surface area contributed by atoms with Crippen LogP contribution in [-0.4, -0.2) is 17.4 Å². The summed E-state index contributed by atoms with van der Waals surface area (Å²) in [4.78, 5) is 15.5. The first-order valence-corrected chi connectivity index (χ1v) is 10.0. The number of halogens is 4. The van der Waals surface area contributed by atoms with E-state index in [1.807, 2.05) is 6.07 Å². The van der Waals surface area contributed by atoms with Crippen molar-refractivity contribution in [2.45, 2.75) is 31.5 Å². The van der Waals surface area contributed by atoms with Crippen LogP contribution < -0.4 is 11.1 Å². The molecule has 3 N–H and O–H groups in total. The number of nitrogens with two attached hydrogens (primary N) is 1. The third kappa shape index (κ3) is 5.70. The van der Waals surface area contributed by atoms with Gasteiger partial charge in [0.1, 0.15) is 17.6 Å². The van der Waals surface area contributed by atoms with Crippen molar-refractivity contribution in [3.8, 4) is 0 Å². The van der Waals surface area contributed by atoms with Crippen LogP contribution in [0.3, 0.4) is 0 Å². The van der Waals surface area contributed by atoms with E-state index in [4.69, 9.17) is 5.73 Å². The lowest BCUT2D eigenvalue weighted by molar-refractivity contribution is -0.141. The number of alkyl halides is 3. The van der Waals surface area contributed by atoms with Gasteiger partial charge in [-0.25, -0.2) is 4.39 Å². The van der Waals surface area contributed by atoms with Gasteiger partial charge >= 0.3 is 6.18 Å². The van der Waals surface area contributed by atoms with E-state index in [0.29, 0.717) is 29.7 Å². The molecule has 3 rings (SSSR count). The molecule has 1 amide bonds. The lowest BCUT2D eigenvalue weighted by Gasteiger charge is -2.21. The Morgan fingerprint density at radius 1 is 1.03 bits per heavy atom. The van der Waals surface area contributed by atoms with Gasteiger partial charge < -0.3 is 11.1 Å². The zero-order valence-electron chi connectivity index (χ0n) is 17.4. The maximum Gasteiger partial charge on any atom is 0.433 e. The van der Waals surface area contributed by atoms with Gasteiger partial charge in [-0.2, -0.15) is 13.2 Å². The SMILES string of the molecule is Cc1cc([C@H](CCN[C@H](C(N)=O)c2ccccc2)c2ccc(C(F)(F)F)nc2)ccc1F. The third-order valence-corrected chi connectivity index (χ3v) is 5.26. The number of primary amides is 1. The Hall–Kier alpha value is -3.26. The van der Waals surface area contributed by atoms with Crippen LogP contribution in [-0.2, 0) is 11.0 Å². The van der Waals surface area contributed by atoms with Gasteiger partial charge in [0.2, 0.25) is 5.91 Å². The van der Waals surface area contributed by atoms with E-state index in [1.54, 1.807) is 43.3 Å². The Labute approximate surface area is 183 Å². The fourth-order valence-electron chi connectivity index (χ4n) is 3.59.